The second-order valence-electron chi connectivity index (χ2n) is 3.05. The van der Waals surface area contributed by atoms with E-state index in [1.807, 2.05) is 22.9 Å². The Morgan fingerprint density at radius 2 is 1.93 bits per heavy atom. The maximum atomic E-state index is 4.43. The average molecular weight is 313 g/mol. The summed E-state index contributed by atoms with van der Waals surface area (Å²) in [6.45, 7) is 2.08. The number of nitrogens with zero attached hydrogens (tertiary/aromatic N) is 2. The van der Waals surface area contributed by atoms with Gasteiger partial charge in [-0.05, 0) is 0 Å². The van der Waals surface area contributed by atoms with Crippen LogP contribution in [0.2, 0.25) is 0 Å². The van der Waals surface area contributed by atoms with Crippen molar-refractivity contribution in [2.75, 3.05) is 0 Å². The Kier molecular flexibility index (Phi) is 2.80. The monoisotopic (exact) mass is 312 g/mol. The molecule has 0 fully saturated rings. The molecule has 1 aromatic carbocycles. The van der Waals surface area contributed by atoms with E-state index in [0.717, 1.165) is 10.3 Å². The Balaban J connectivity index is 2.58. The molecule has 1 aromatic heterocycles. The van der Waals surface area contributed by atoms with Crippen LogP contribution in [0.3, 0.4) is 0 Å². The molecular formula is C10H10AsBrN2. The van der Waals surface area contributed by atoms with Crippen molar-refractivity contribution in [2.45, 2.75) is 6.92 Å². The summed E-state index contributed by atoms with van der Waals surface area (Å²) < 4.78 is 4.13. The molecule has 0 saturated carbocycles. The molecule has 0 bridgehead atoms. The van der Waals surface area contributed by atoms with Crippen LogP contribution in [0.25, 0.3) is 5.69 Å². The first-order valence-corrected chi connectivity index (χ1v) is 6.26. The molecular weight excluding hydrogens is 303 g/mol. The van der Waals surface area contributed by atoms with E-state index in [4.69, 9.17) is 0 Å². The van der Waals surface area contributed by atoms with Gasteiger partial charge in [-0.3, -0.25) is 0 Å². The topological polar surface area (TPSA) is 17.8 Å². The third-order valence-electron chi connectivity index (χ3n) is 2.11. The van der Waals surface area contributed by atoms with E-state index in [1.54, 1.807) is 16.9 Å². The van der Waals surface area contributed by atoms with Crippen LogP contribution in [0.5, 0.6) is 0 Å². The third-order valence-corrected chi connectivity index (χ3v) is 4.29. The molecule has 0 amide bonds. The molecule has 0 spiro atoms. The summed E-state index contributed by atoms with van der Waals surface area (Å²) in [5.74, 6) is 0. The van der Waals surface area contributed by atoms with E-state index < -0.39 is 0 Å². The Morgan fingerprint density at radius 1 is 1.29 bits per heavy atom. The molecule has 0 saturated heterocycles. The molecule has 0 aliphatic heterocycles. The van der Waals surface area contributed by atoms with Gasteiger partial charge in [0.25, 0.3) is 0 Å². The zero-order valence-electron chi connectivity index (χ0n) is 7.74. The van der Waals surface area contributed by atoms with Crippen LogP contribution in [0.4, 0.5) is 0 Å². The van der Waals surface area contributed by atoms with Crippen molar-refractivity contribution >= 4 is 37.3 Å². The van der Waals surface area contributed by atoms with Crippen molar-refractivity contribution in [3.8, 4) is 5.69 Å². The molecule has 1 atom stereocenters. The van der Waals surface area contributed by atoms with Crippen molar-refractivity contribution < 1.29 is 0 Å². The Morgan fingerprint density at radius 3 is 2.43 bits per heavy atom. The van der Waals surface area contributed by atoms with Gasteiger partial charge in [-0.15, -0.1) is 0 Å². The average Bonchev–Trinajstić information content (AvgIpc) is 2.47. The number of hydrogen-bond donors (Lipinski definition) is 0. The summed E-state index contributed by atoms with van der Waals surface area (Å²) in [6.07, 6.45) is 0. The van der Waals surface area contributed by atoms with Gasteiger partial charge in [-0.25, -0.2) is 0 Å². The first-order chi connectivity index (χ1) is 6.70. The second kappa shape index (κ2) is 3.91. The summed E-state index contributed by atoms with van der Waals surface area (Å²) in [5, 5.41) is 4.43. The Labute approximate surface area is 99.9 Å². The third kappa shape index (κ3) is 1.67. The zero-order chi connectivity index (χ0) is 10.1. The van der Waals surface area contributed by atoms with Crippen molar-refractivity contribution in [3.63, 3.8) is 0 Å². The molecule has 72 valence electrons. The van der Waals surface area contributed by atoms with E-state index >= 15 is 0 Å². The van der Waals surface area contributed by atoms with Gasteiger partial charge in [0.2, 0.25) is 0 Å². The number of benzene rings is 1. The van der Waals surface area contributed by atoms with Crippen LogP contribution >= 0.6 is 15.9 Å². The molecule has 1 heterocycles. The van der Waals surface area contributed by atoms with Gasteiger partial charge >= 0.3 is 100 Å². The minimum atomic E-state index is 0.931. The molecule has 0 aliphatic carbocycles. The van der Waals surface area contributed by atoms with Crippen LogP contribution in [0, 0.1) is 6.92 Å². The summed E-state index contributed by atoms with van der Waals surface area (Å²) in [5.41, 5.74) is 2.33. The molecule has 0 radical (unpaired) electrons. The molecule has 2 aromatic rings. The summed E-state index contributed by atoms with van der Waals surface area (Å²) in [7, 11) is 0. The van der Waals surface area contributed by atoms with Gasteiger partial charge in [0.1, 0.15) is 0 Å². The van der Waals surface area contributed by atoms with E-state index in [1.165, 1.54) is 10.0 Å². The molecule has 0 aliphatic rings. The fourth-order valence-corrected chi connectivity index (χ4v) is 2.77. The van der Waals surface area contributed by atoms with Gasteiger partial charge in [-0.2, -0.15) is 0 Å². The molecule has 1 unspecified atom stereocenters. The van der Waals surface area contributed by atoms with Crippen LogP contribution in [0.15, 0.2) is 34.9 Å². The number of rotatable bonds is 1. The standard InChI is InChI=1S/C10H10AsBrN2/c1-7-9(11)14(13-10(7)12)8-5-3-2-4-6-8/h2-6H,11H2,1H3. The minimum absolute atomic E-state index is 0.931. The molecule has 0 N–H and O–H groups in total. The van der Waals surface area contributed by atoms with Crippen molar-refractivity contribution in [1.82, 2.24) is 9.78 Å². The van der Waals surface area contributed by atoms with Crippen molar-refractivity contribution in [2.24, 2.45) is 0 Å². The van der Waals surface area contributed by atoms with Gasteiger partial charge < -0.3 is 0 Å². The van der Waals surface area contributed by atoms with Gasteiger partial charge in [0, 0.05) is 0 Å². The number of aromatic nitrogens is 2. The second-order valence-corrected chi connectivity index (χ2v) is 4.95. The van der Waals surface area contributed by atoms with Crippen molar-refractivity contribution in [3.05, 3.63) is 40.5 Å². The molecule has 4 heteroatoms. The van der Waals surface area contributed by atoms with Crippen LogP contribution < -0.4 is 4.48 Å². The van der Waals surface area contributed by atoms with E-state index in [0.29, 0.717) is 0 Å². The van der Waals surface area contributed by atoms with Gasteiger partial charge in [0.15, 0.2) is 0 Å². The number of halogens is 1. The normalized spacial score (nSPS) is 10.5. The first kappa shape index (κ1) is 10.0. The summed E-state index contributed by atoms with van der Waals surface area (Å²) in [6, 6.07) is 10.2. The zero-order valence-corrected chi connectivity index (χ0v) is 11.7. The maximum absolute atomic E-state index is 4.43. The summed E-state index contributed by atoms with van der Waals surface area (Å²) in [4.78, 5) is 0. The van der Waals surface area contributed by atoms with E-state index in [9.17, 15) is 0 Å². The SMILES string of the molecule is Cc1c(Br)nn(-c2ccccc2)c1[AsH2]. The predicted octanol–water partition coefficient (Wildman–Crippen LogP) is 1.20. The van der Waals surface area contributed by atoms with Gasteiger partial charge in [-0.1, -0.05) is 0 Å². The molecule has 2 rings (SSSR count). The van der Waals surface area contributed by atoms with E-state index in [2.05, 4.69) is 40.1 Å². The quantitative estimate of drug-likeness (QED) is 0.724. The summed E-state index contributed by atoms with van der Waals surface area (Å²) >= 11 is 5.03. The van der Waals surface area contributed by atoms with Crippen LogP contribution in [-0.2, 0) is 0 Å². The fraction of sp³-hybridized carbons (Fsp3) is 0.100. The van der Waals surface area contributed by atoms with Crippen molar-refractivity contribution in [1.29, 1.82) is 0 Å². The van der Waals surface area contributed by atoms with Crippen LogP contribution in [-0.4, -0.2) is 26.6 Å². The van der Waals surface area contributed by atoms with Gasteiger partial charge in [0.05, 0.1) is 0 Å². The first-order valence-electron chi connectivity index (χ1n) is 4.26. The number of hydrogen-bond acceptors (Lipinski definition) is 1. The fourth-order valence-electron chi connectivity index (χ4n) is 1.25. The molecule has 14 heavy (non-hydrogen) atoms. The Hall–Kier alpha value is -0.532. The van der Waals surface area contributed by atoms with Crippen LogP contribution in [0.1, 0.15) is 5.56 Å². The Bertz CT molecular complexity index is 451. The predicted molar refractivity (Wildman–Crippen MR) is 64.2 cm³/mol. The van der Waals surface area contributed by atoms with E-state index in [-0.39, 0.29) is 0 Å². The molecule has 2 nitrogen and oxygen atoms in total. The number of para-hydroxylation sites is 1.